The quantitative estimate of drug-likeness (QED) is 0.671. The number of hydrogen-bond acceptors (Lipinski definition) is 1. The third-order valence-corrected chi connectivity index (χ3v) is 4.42. The van der Waals surface area contributed by atoms with Gasteiger partial charge >= 0.3 is 0 Å². The van der Waals surface area contributed by atoms with E-state index in [-0.39, 0.29) is 5.92 Å². The summed E-state index contributed by atoms with van der Waals surface area (Å²) in [5, 5.41) is 1.21. The van der Waals surface area contributed by atoms with Crippen molar-refractivity contribution in [1.82, 2.24) is 4.57 Å². The summed E-state index contributed by atoms with van der Waals surface area (Å²) in [7, 11) is 0. The zero-order chi connectivity index (χ0) is 11.4. The Hall–Kier alpha value is -1.57. The number of carbonyl (C=O) groups excluding carboxylic acids is 1. The summed E-state index contributed by atoms with van der Waals surface area (Å²) >= 11 is 0. The van der Waals surface area contributed by atoms with Gasteiger partial charge in [-0.15, -0.1) is 0 Å². The zero-order valence-electron chi connectivity index (χ0n) is 9.73. The lowest BCUT2D eigenvalue weighted by Crippen LogP contribution is -2.19. The maximum Gasteiger partial charge on any atom is 0.235 e. The Morgan fingerprint density at radius 1 is 1.06 bits per heavy atom. The topological polar surface area (TPSA) is 22.0 Å². The molecule has 2 atom stereocenters. The van der Waals surface area contributed by atoms with Crippen molar-refractivity contribution >= 4 is 16.8 Å². The third-order valence-electron chi connectivity index (χ3n) is 4.42. The van der Waals surface area contributed by atoms with Crippen LogP contribution in [-0.4, -0.2) is 10.5 Å². The Bertz CT molecular complexity index is 610. The lowest BCUT2D eigenvalue weighted by Gasteiger charge is -2.22. The van der Waals surface area contributed by atoms with E-state index < -0.39 is 0 Å². The summed E-state index contributed by atoms with van der Waals surface area (Å²) in [6, 6.07) is 10.5. The zero-order valence-corrected chi connectivity index (χ0v) is 9.73. The Kier molecular flexibility index (Phi) is 1.79. The molecule has 2 aliphatic rings. The molecule has 0 bridgehead atoms. The molecule has 1 aromatic carbocycles. The van der Waals surface area contributed by atoms with Gasteiger partial charge in [-0.3, -0.25) is 9.36 Å². The van der Waals surface area contributed by atoms with E-state index in [2.05, 4.69) is 18.2 Å². The first-order valence-corrected chi connectivity index (χ1v) is 6.51. The number of rotatable bonds is 0. The number of nitrogens with zero attached hydrogens (tertiary/aromatic N) is 1. The van der Waals surface area contributed by atoms with Gasteiger partial charge in [0.05, 0.1) is 5.52 Å². The standard InChI is InChI=1S/C15H15NO/c17-15-12-7-3-2-6-11(12)14-9-10-5-1-4-8-13(10)16(14)15/h1,4-5,8-9,11-12H,2-3,6-7H2/t11-,12+/m0/s1. The minimum Gasteiger partial charge on any atom is -0.284 e. The fourth-order valence-electron chi connectivity index (χ4n) is 3.64. The largest absolute Gasteiger partial charge is 0.284 e. The van der Waals surface area contributed by atoms with Crippen LogP contribution in [0, 0.1) is 5.92 Å². The van der Waals surface area contributed by atoms with E-state index in [1.165, 1.54) is 30.3 Å². The normalized spacial score (nSPS) is 27.2. The van der Waals surface area contributed by atoms with Crippen LogP contribution < -0.4 is 0 Å². The number of para-hydroxylation sites is 1. The number of carbonyl (C=O) groups is 1. The molecule has 2 aromatic rings. The van der Waals surface area contributed by atoms with Gasteiger partial charge in [-0.2, -0.15) is 0 Å². The average molecular weight is 225 g/mol. The molecule has 1 aliphatic heterocycles. The molecule has 0 spiro atoms. The Balaban J connectivity index is 1.99. The first-order valence-electron chi connectivity index (χ1n) is 6.51. The minimum absolute atomic E-state index is 0.267. The molecule has 2 heterocycles. The van der Waals surface area contributed by atoms with E-state index in [1.807, 2.05) is 16.7 Å². The molecule has 0 amide bonds. The van der Waals surface area contributed by atoms with Crippen molar-refractivity contribution in [3.05, 3.63) is 36.0 Å². The van der Waals surface area contributed by atoms with Crippen LogP contribution >= 0.6 is 0 Å². The van der Waals surface area contributed by atoms with E-state index in [4.69, 9.17) is 0 Å². The molecule has 2 heteroatoms. The predicted molar refractivity (Wildman–Crippen MR) is 67.3 cm³/mol. The summed E-state index contributed by atoms with van der Waals surface area (Å²) in [4.78, 5) is 12.5. The molecule has 0 radical (unpaired) electrons. The fourth-order valence-corrected chi connectivity index (χ4v) is 3.64. The minimum atomic E-state index is 0.267. The second-order valence-corrected chi connectivity index (χ2v) is 5.30. The summed E-state index contributed by atoms with van der Waals surface area (Å²) in [5.74, 6) is 1.10. The van der Waals surface area contributed by atoms with E-state index >= 15 is 0 Å². The second-order valence-electron chi connectivity index (χ2n) is 5.30. The lowest BCUT2D eigenvalue weighted by atomic mass is 9.79. The number of hydrogen-bond donors (Lipinski definition) is 0. The van der Waals surface area contributed by atoms with Gasteiger partial charge in [0.15, 0.2) is 0 Å². The molecule has 1 fully saturated rings. The van der Waals surface area contributed by atoms with Crippen LogP contribution in [0.1, 0.15) is 42.1 Å². The molecule has 0 unspecified atom stereocenters. The molecule has 4 rings (SSSR count). The molecule has 1 aromatic heterocycles. The van der Waals surface area contributed by atoms with E-state index in [0.29, 0.717) is 11.8 Å². The van der Waals surface area contributed by atoms with Crippen molar-refractivity contribution in [2.45, 2.75) is 31.6 Å². The van der Waals surface area contributed by atoms with Crippen molar-refractivity contribution in [3.63, 3.8) is 0 Å². The highest BCUT2D eigenvalue weighted by molar-refractivity contribution is 5.98. The molecule has 0 saturated heterocycles. The van der Waals surface area contributed by atoms with Crippen molar-refractivity contribution in [1.29, 1.82) is 0 Å². The van der Waals surface area contributed by atoms with Crippen molar-refractivity contribution in [2.24, 2.45) is 5.92 Å². The summed E-state index contributed by atoms with van der Waals surface area (Å²) in [6.45, 7) is 0. The molecule has 86 valence electrons. The van der Waals surface area contributed by atoms with Crippen LogP contribution in [0.4, 0.5) is 0 Å². The van der Waals surface area contributed by atoms with Gasteiger partial charge in [0, 0.05) is 22.9 Å². The molecular weight excluding hydrogens is 210 g/mol. The summed E-state index contributed by atoms with van der Waals surface area (Å²) < 4.78 is 1.98. The van der Waals surface area contributed by atoms with Crippen LogP contribution in [0.2, 0.25) is 0 Å². The van der Waals surface area contributed by atoms with Gasteiger partial charge < -0.3 is 0 Å². The molecule has 1 aliphatic carbocycles. The maximum absolute atomic E-state index is 12.5. The van der Waals surface area contributed by atoms with Gasteiger partial charge in [-0.1, -0.05) is 31.0 Å². The smallest absolute Gasteiger partial charge is 0.235 e. The highest BCUT2D eigenvalue weighted by atomic mass is 16.2. The Labute approximate surface area is 100 Å². The van der Waals surface area contributed by atoms with Crippen molar-refractivity contribution < 1.29 is 4.79 Å². The first kappa shape index (κ1) is 9.46. The molecule has 2 nitrogen and oxygen atoms in total. The number of benzene rings is 1. The summed E-state index contributed by atoms with van der Waals surface area (Å²) in [6.07, 6.45) is 4.76. The Morgan fingerprint density at radius 2 is 1.82 bits per heavy atom. The fraction of sp³-hybridized carbons (Fsp3) is 0.400. The van der Waals surface area contributed by atoms with E-state index in [0.717, 1.165) is 11.9 Å². The van der Waals surface area contributed by atoms with E-state index in [9.17, 15) is 4.79 Å². The first-order chi connectivity index (χ1) is 8.36. The molecule has 17 heavy (non-hydrogen) atoms. The number of fused-ring (bicyclic) bond motifs is 5. The van der Waals surface area contributed by atoms with Crippen molar-refractivity contribution in [3.8, 4) is 0 Å². The molecule has 1 saturated carbocycles. The van der Waals surface area contributed by atoms with Gasteiger partial charge in [-0.05, 0) is 25.0 Å². The second kappa shape index (κ2) is 3.22. The van der Waals surface area contributed by atoms with E-state index in [1.54, 1.807) is 0 Å². The van der Waals surface area contributed by atoms with Crippen molar-refractivity contribution in [2.75, 3.05) is 0 Å². The monoisotopic (exact) mass is 225 g/mol. The van der Waals surface area contributed by atoms with Gasteiger partial charge in [0.1, 0.15) is 0 Å². The SMILES string of the molecule is O=C1[C@@H]2CCCC[C@@H]2c2cc3ccccc3n21. The van der Waals surface area contributed by atoms with Crippen LogP contribution in [0.25, 0.3) is 10.9 Å². The van der Waals surface area contributed by atoms with Crippen LogP contribution in [0.15, 0.2) is 30.3 Å². The van der Waals surface area contributed by atoms with Crippen LogP contribution in [-0.2, 0) is 0 Å². The lowest BCUT2D eigenvalue weighted by molar-refractivity contribution is 0.0835. The summed E-state index contributed by atoms with van der Waals surface area (Å²) in [5.41, 5.74) is 2.36. The van der Waals surface area contributed by atoms with Gasteiger partial charge in [0.2, 0.25) is 5.91 Å². The maximum atomic E-state index is 12.5. The molecule has 0 N–H and O–H groups in total. The van der Waals surface area contributed by atoms with Crippen LogP contribution in [0.5, 0.6) is 0 Å². The Morgan fingerprint density at radius 3 is 2.71 bits per heavy atom. The molecular formula is C15H15NO. The van der Waals surface area contributed by atoms with Crippen LogP contribution in [0.3, 0.4) is 0 Å². The highest BCUT2D eigenvalue weighted by Gasteiger charge is 2.41. The average Bonchev–Trinajstić information content (AvgIpc) is 2.88. The van der Waals surface area contributed by atoms with Gasteiger partial charge in [-0.25, -0.2) is 0 Å². The number of aromatic nitrogens is 1. The third kappa shape index (κ3) is 1.13. The predicted octanol–water partition coefficient (Wildman–Crippen LogP) is 3.57. The highest BCUT2D eigenvalue weighted by Crippen LogP contribution is 2.45. The van der Waals surface area contributed by atoms with Gasteiger partial charge in [0.25, 0.3) is 0 Å².